The number of H-pyrrole nitrogens is 2. The van der Waals surface area contributed by atoms with Crippen LogP contribution in [0.4, 0.5) is 0 Å². The molecule has 22 heavy (non-hydrogen) atoms. The summed E-state index contributed by atoms with van der Waals surface area (Å²) in [6, 6.07) is 1.78. The third-order valence-corrected chi connectivity index (χ3v) is 4.02. The predicted octanol–water partition coefficient (Wildman–Crippen LogP) is 2.24. The molecular weight excluding hydrogens is 304 g/mol. The summed E-state index contributed by atoms with van der Waals surface area (Å²) in [5.74, 6) is 0.773. The Morgan fingerprint density at radius 1 is 1.41 bits per heavy atom. The largest absolute Gasteiger partial charge is 0.325 e. The Kier molecular flexibility index (Phi) is 3.94. The van der Waals surface area contributed by atoms with Gasteiger partial charge in [0.1, 0.15) is 5.69 Å². The number of aromatic nitrogens is 4. The first-order valence-electron chi connectivity index (χ1n) is 7.12. The topological polar surface area (TPSA) is 91.5 Å². The Morgan fingerprint density at radius 3 is 2.95 bits per heavy atom. The van der Waals surface area contributed by atoms with E-state index in [0.29, 0.717) is 22.7 Å². The summed E-state index contributed by atoms with van der Waals surface area (Å²) in [6.45, 7) is 2.09. The molecule has 2 heterocycles. The Balaban J connectivity index is 1.96. The lowest BCUT2D eigenvalue weighted by Gasteiger charge is -2.04. The quantitative estimate of drug-likeness (QED) is 0.846. The van der Waals surface area contributed by atoms with Gasteiger partial charge in [-0.15, -0.1) is 10.2 Å². The molecule has 0 bridgehead atoms. The zero-order chi connectivity index (χ0) is 15.7. The average molecular weight is 319 g/mol. The van der Waals surface area contributed by atoms with Crippen molar-refractivity contribution in [1.82, 2.24) is 20.2 Å². The molecule has 2 aromatic heterocycles. The summed E-state index contributed by atoms with van der Waals surface area (Å²) >= 11 is 6.14. The molecule has 2 atom stereocenters. The zero-order valence-corrected chi connectivity index (χ0v) is 12.7. The minimum absolute atomic E-state index is 0.270. The lowest BCUT2D eigenvalue weighted by molar-refractivity contribution is 0.942. The van der Waals surface area contributed by atoms with Crippen LogP contribution >= 0.6 is 11.6 Å². The molecule has 7 heteroatoms. The predicted molar refractivity (Wildman–Crippen MR) is 84.0 cm³/mol. The van der Waals surface area contributed by atoms with E-state index in [1.807, 2.05) is 0 Å². The van der Waals surface area contributed by atoms with Crippen molar-refractivity contribution < 1.29 is 0 Å². The fourth-order valence-corrected chi connectivity index (χ4v) is 2.71. The second-order valence-electron chi connectivity index (χ2n) is 5.30. The molecular formula is C15H15ClN4O2. The molecule has 114 valence electrons. The lowest BCUT2D eigenvalue weighted by Crippen LogP contribution is -2.23. The van der Waals surface area contributed by atoms with Crippen LogP contribution in [-0.4, -0.2) is 20.2 Å². The van der Waals surface area contributed by atoms with Crippen molar-refractivity contribution in [3.8, 4) is 11.3 Å². The second-order valence-corrected chi connectivity index (χ2v) is 5.66. The Labute approximate surface area is 131 Å². The molecule has 0 aromatic carbocycles. The van der Waals surface area contributed by atoms with Crippen molar-refractivity contribution in [2.24, 2.45) is 5.92 Å². The summed E-state index contributed by atoms with van der Waals surface area (Å²) in [4.78, 5) is 27.5. The zero-order valence-electron chi connectivity index (χ0n) is 12.0. The maximum absolute atomic E-state index is 11.8. The van der Waals surface area contributed by atoms with E-state index in [4.69, 9.17) is 11.6 Å². The summed E-state index contributed by atoms with van der Waals surface area (Å²) < 4.78 is 0. The van der Waals surface area contributed by atoms with Crippen molar-refractivity contribution in [2.75, 3.05) is 0 Å². The molecule has 2 aromatic rings. The van der Waals surface area contributed by atoms with Crippen molar-refractivity contribution in [3.05, 3.63) is 56.0 Å². The highest BCUT2D eigenvalue weighted by Crippen LogP contribution is 2.50. The van der Waals surface area contributed by atoms with Gasteiger partial charge in [-0.2, -0.15) is 0 Å². The summed E-state index contributed by atoms with van der Waals surface area (Å²) in [6.07, 6.45) is 7.69. The van der Waals surface area contributed by atoms with E-state index in [1.165, 1.54) is 6.20 Å². The van der Waals surface area contributed by atoms with E-state index < -0.39 is 11.2 Å². The van der Waals surface area contributed by atoms with Gasteiger partial charge in [0.25, 0.3) is 5.56 Å². The molecule has 1 aliphatic carbocycles. The molecule has 2 N–H and O–H groups in total. The van der Waals surface area contributed by atoms with Gasteiger partial charge >= 0.3 is 5.69 Å². The van der Waals surface area contributed by atoms with E-state index in [0.717, 1.165) is 18.4 Å². The number of allylic oxidation sites excluding steroid dienone is 2. The number of hydrogen-bond acceptors (Lipinski definition) is 4. The summed E-state index contributed by atoms with van der Waals surface area (Å²) in [5.41, 5.74) is 0.517. The molecule has 0 radical (unpaired) electrons. The highest BCUT2D eigenvalue weighted by atomic mass is 35.5. The average Bonchev–Trinajstić information content (AvgIpc) is 3.25. The maximum atomic E-state index is 11.8. The van der Waals surface area contributed by atoms with Gasteiger partial charge in [0, 0.05) is 6.20 Å². The molecule has 0 spiro atoms. The van der Waals surface area contributed by atoms with Gasteiger partial charge in [-0.3, -0.25) is 9.78 Å². The van der Waals surface area contributed by atoms with Crippen LogP contribution in [0, 0.1) is 5.92 Å². The van der Waals surface area contributed by atoms with Crippen LogP contribution < -0.4 is 11.2 Å². The molecule has 0 unspecified atom stereocenters. The minimum Gasteiger partial charge on any atom is -0.313 e. The molecule has 0 saturated heterocycles. The number of nitrogens with zero attached hydrogens (tertiary/aromatic N) is 2. The van der Waals surface area contributed by atoms with Crippen LogP contribution in [0.3, 0.4) is 0 Å². The highest BCUT2D eigenvalue weighted by molar-refractivity contribution is 6.30. The van der Waals surface area contributed by atoms with E-state index in [-0.39, 0.29) is 5.56 Å². The van der Waals surface area contributed by atoms with Crippen molar-refractivity contribution >= 4 is 11.6 Å². The van der Waals surface area contributed by atoms with Crippen molar-refractivity contribution in [1.29, 1.82) is 0 Å². The fraction of sp³-hybridized carbons (Fsp3) is 0.333. The van der Waals surface area contributed by atoms with Gasteiger partial charge in [-0.25, -0.2) is 4.79 Å². The van der Waals surface area contributed by atoms with E-state index >= 15 is 0 Å². The number of nitrogens with one attached hydrogen (secondary N) is 2. The number of hydrogen-bond donors (Lipinski definition) is 2. The second kappa shape index (κ2) is 5.88. The maximum Gasteiger partial charge on any atom is 0.325 e. The number of halogens is 1. The van der Waals surface area contributed by atoms with Gasteiger partial charge in [-0.05, 0) is 36.3 Å². The van der Waals surface area contributed by atoms with Crippen LogP contribution in [-0.2, 0) is 0 Å². The molecule has 6 nitrogen and oxygen atoms in total. The van der Waals surface area contributed by atoms with Gasteiger partial charge in [-0.1, -0.05) is 30.7 Å². The van der Waals surface area contributed by atoms with Gasteiger partial charge in [0.15, 0.2) is 5.15 Å². The number of aromatic amines is 2. The molecule has 0 aliphatic heterocycles. The molecule has 1 fully saturated rings. The first-order chi connectivity index (χ1) is 10.6. The Hall–Kier alpha value is -2.21. The normalized spacial score (nSPS) is 20.5. The Morgan fingerprint density at radius 2 is 2.23 bits per heavy atom. The van der Waals surface area contributed by atoms with E-state index in [9.17, 15) is 9.59 Å². The third kappa shape index (κ3) is 2.87. The standard InChI is InChI=1S/C15H15ClN4O2/c1-2-3-4-8-5-9(8)10-6-12(19-20-13(10)16)11-7-17-15(22)18-14(11)21/h3-4,6-9H,2,5H2,1H3,(H2,17,18,21,22)/b4-3+/t8-,9-/m0/s1. The smallest absolute Gasteiger partial charge is 0.313 e. The number of rotatable bonds is 4. The molecule has 3 rings (SSSR count). The monoisotopic (exact) mass is 318 g/mol. The lowest BCUT2D eigenvalue weighted by atomic mass is 10.1. The van der Waals surface area contributed by atoms with Gasteiger partial charge in [0.05, 0.1) is 5.56 Å². The van der Waals surface area contributed by atoms with Crippen molar-refractivity contribution in [3.63, 3.8) is 0 Å². The summed E-state index contributed by atoms with van der Waals surface area (Å²) in [5, 5.41) is 8.26. The SMILES string of the molecule is CC/C=C/[C@H]1C[C@@H]1c1cc(-c2c[nH]c(=O)[nH]c2=O)nnc1Cl. The first kappa shape index (κ1) is 14.7. The molecule has 1 aliphatic rings. The van der Waals surface area contributed by atoms with Gasteiger partial charge in [0.2, 0.25) is 0 Å². The fourth-order valence-electron chi connectivity index (χ4n) is 2.48. The Bertz CT molecular complexity index is 840. The highest BCUT2D eigenvalue weighted by Gasteiger charge is 2.38. The van der Waals surface area contributed by atoms with Crippen LogP contribution in [0.2, 0.25) is 5.15 Å². The van der Waals surface area contributed by atoms with Crippen LogP contribution in [0.25, 0.3) is 11.3 Å². The van der Waals surface area contributed by atoms with E-state index in [2.05, 4.69) is 39.2 Å². The molecule has 1 saturated carbocycles. The van der Waals surface area contributed by atoms with Crippen LogP contribution in [0.15, 0.2) is 34.0 Å². The van der Waals surface area contributed by atoms with Crippen LogP contribution in [0.5, 0.6) is 0 Å². The van der Waals surface area contributed by atoms with E-state index in [1.54, 1.807) is 6.07 Å². The van der Waals surface area contributed by atoms with Gasteiger partial charge < -0.3 is 4.98 Å². The third-order valence-electron chi connectivity index (χ3n) is 3.73. The minimum atomic E-state index is -0.553. The van der Waals surface area contributed by atoms with Crippen molar-refractivity contribution in [2.45, 2.75) is 25.7 Å². The molecule has 0 amide bonds. The first-order valence-corrected chi connectivity index (χ1v) is 7.50. The summed E-state index contributed by atoms with van der Waals surface area (Å²) in [7, 11) is 0. The van der Waals surface area contributed by atoms with Crippen LogP contribution in [0.1, 0.15) is 31.2 Å².